The molecule has 2 N–H and O–H groups in total. The quantitative estimate of drug-likeness (QED) is 0.339. The third-order valence-electron chi connectivity index (χ3n) is 9.90. The standard InChI is InChI=1S/C36H47ClN4O5S/c1-24-6-5-8-33(45-2)31-15-12-29(31)22-41-21-28-11-14-30(37)18-26(28)7-3-4-17-46-34-16-13-27(19-32(34)41)35(42)39-47(44,23-24)40-36(43)38-20-25-9-10-25/h5,8,11,13-14,16,18-19,24-25,29,31,33H,3-4,6-7,9-10,12,15,17,20-23H2,1-2H3,(H2,38,39,40,42,43,44)/b8-5+/t24-,29-,31+,33-,47?/m0/s1. The van der Waals surface area contributed by atoms with Crippen LogP contribution in [0.1, 0.15) is 73.4 Å². The van der Waals surface area contributed by atoms with Crippen LogP contribution in [0, 0.1) is 23.7 Å². The number of carbonyl (C=O) groups excluding carboxylic acids is 2. The van der Waals surface area contributed by atoms with Crippen molar-refractivity contribution in [3.8, 4) is 5.75 Å². The Kier molecular flexibility index (Phi) is 10.8. The smallest absolute Gasteiger partial charge is 0.327 e. The van der Waals surface area contributed by atoms with E-state index in [2.05, 4.69) is 43.6 Å². The zero-order valence-corrected chi connectivity index (χ0v) is 29.0. The van der Waals surface area contributed by atoms with E-state index in [9.17, 15) is 13.8 Å². The van der Waals surface area contributed by atoms with Crippen LogP contribution in [0.4, 0.5) is 10.5 Å². The Morgan fingerprint density at radius 1 is 1.13 bits per heavy atom. The average Bonchev–Trinajstić information content (AvgIpc) is 3.85. The van der Waals surface area contributed by atoms with Crippen molar-refractivity contribution in [1.82, 2.24) is 10.0 Å². The number of aryl methyl sites for hydroxylation is 1. The Morgan fingerprint density at radius 3 is 2.74 bits per heavy atom. The molecule has 2 saturated carbocycles. The van der Waals surface area contributed by atoms with E-state index in [0.29, 0.717) is 55.2 Å². The van der Waals surface area contributed by atoms with E-state index in [1.165, 1.54) is 11.1 Å². The number of anilines is 1. The van der Waals surface area contributed by atoms with Crippen LogP contribution in [0.5, 0.6) is 5.75 Å². The van der Waals surface area contributed by atoms with Crippen molar-refractivity contribution in [2.45, 2.75) is 70.9 Å². The molecule has 9 nitrogen and oxygen atoms in total. The van der Waals surface area contributed by atoms with E-state index in [1.807, 2.05) is 25.1 Å². The maximum atomic E-state index is 14.3. The van der Waals surface area contributed by atoms with Crippen LogP contribution in [0.3, 0.4) is 0 Å². The average molecular weight is 683 g/mol. The highest BCUT2D eigenvalue weighted by atomic mass is 35.5. The summed E-state index contributed by atoms with van der Waals surface area (Å²) in [6, 6.07) is 10.9. The highest BCUT2D eigenvalue weighted by Gasteiger charge is 2.38. The number of hydrogen-bond donors (Lipinski definition) is 2. The molecule has 2 aliphatic carbocycles. The minimum absolute atomic E-state index is 0.0448. The maximum absolute atomic E-state index is 14.3. The molecule has 2 aliphatic heterocycles. The summed E-state index contributed by atoms with van der Waals surface area (Å²) in [5.41, 5.74) is 3.51. The first-order valence-electron chi connectivity index (χ1n) is 17.0. The third-order valence-corrected chi connectivity index (χ3v) is 12.1. The molecule has 3 amide bonds. The van der Waals surface area contributed by atoms with Gasteiger partial charge >= 0.3 is 6.03 Å². The van der Waals surface area contributed by atoms with Gasteiger partial charge in [0, 0.05) is 37.3 Å². The number of halogens is 1. The summed E-state index contributed by atoms with van der Waals surface area (Å²) in [6.07, 6.45) is 11.8. The summed E-state index contributed by atoms with van der Waals surface area (Å²) in [6.45, 7) is 4.39. The SMILES string of the molecule is CO[C@H]1/C=C/C[C@H](C)CS(=O)(NC(=O)NCC2CC2)=NC(=O)c2ccc3c(c2)N(Cc2ccc(Cl)cc2CCCCO3)C[C@@H]2CC[C@H]21. The van der Waals surface area contributed by atoms with Crippen LogP contribution in [-0.4, -0.2) is 54.8 Å². The topological polar surface area (TPSA) is 109 Å². The van der Waals surface area contributed by atoms with E-state index in [0.717, 1.165) is 62.2 Å². The molecule has 2 bridgehead atoms. The van der Waals surface area contributed by atoms with Crippen molar-refractivity contribution in [3.05, 3.63) is 70.3 Å². The Balaban J connectivity index is 1.42. The molecular weight excluding hydrogens is 636 g/mol. The summed E-state index contributed by atoms with van der Waals surface area (Å²) in [5.74, 6) is 1.19. The Morgan fingerprint density at radius 2 is 1.98 bits per heavy atom. The van der Waals surface area contributed by atoms with E-state index in [1.54, 1.807) is 13.2 Å². The number of hydrogen-bond acceptors (Lipinski definition) is 6. The third kappa shape index (κ3) is 8.69. The Labute approximate surface area is 284 Å². The van der Waals surface area contributed by atoms with Gasteiger partial charge in [-0.25, -0.2) is 9.00 Å². The molecule has 0 aromatic heterocycles. The number of nitrogens with zero attached hydrogens (tertiary/aromatic N) is 2. The van der Waals surface area contributed by atoms with Crippen molar-refractivity contribution in [1.29, 1.82) is 0 Å². The lowest BCUT2D eigenvalue weighted by Gasteiger charge is -2.43. The number of methoxy groups -OCH3 is 1. The van der Waals surface area contributed by atoms with Gasteiger partial charge in [-0.1, -0.05) is 36.7 Å². The molecule has 2 heterocycles. The molecule has 2 fully saturated rings. The van der Waals surface area contributed by atoms with Gasteiger partial charge in [0.1, 0.15) is 15.7 Å². The van der Waals surface area contributed by atoms with Crippen molar-refractivity contribution in [3.63, 3.8) is 0 Å². The van der Waals surface area contributed by atoms with Crippen LogP contribution >= 0.6 is 11.6 Å². The number of fused-ring (bicyclic) bond motifs is 3. The van der Waals surface area contributed by atoms with Crippen LogP contribution < -0.4 is 19.7 Å². The van der Waals surface area contributed by atoms with Crippen molar-refractivity contribution in [2.24, 2.45) is 28.0 Å². The van der Waals surface area contributed by atoms with Gasteiger partial charge in [-0.15, -0.1) is 4.36 Å². The summed E-state index contributed by atoms with van der Waals surface area (Å²) in [7, 11) is -1.67. The van der Waals surface area contributed by atoms with Gasteiger partial charge in [0.2, 0.25) is 0 Å². The van der Waals surface area contributed by atoms with E-state index in [-0.39, 0.29) is 17.8 Å². The van der Waals surface area contributed by atoms with E-state index >= 15 is 0 Å². The fraction of sp³-hybridized carbons (Fsp3) is 0.556. The molecule has 0 spiro atoms. The molecule has 0 radical (unpaired) electrons. The van der Waals surface area contributed by atoms with Gasteiger partial charge in [-0.2, -0.15) is 0 Å². The molecular formula is C36H47ClN4O5S. The molecule has 2 aromatic rings. The first-order chi connectivity index (χ1) is 22.7. The van der Waals surface area contributed by atoms with Crippen molar-refractivity contribution >= 4 is 39.1 Å². The summed E-state index contributed by atoms with van der Waals surface area (Å²) in [4.78, 5) is 29.0. The molecule has 4 aliphatic rings. The van der Waals surface area contributed by atoms with Gasteiger partial charge in [0.05, 0.1) is 24.2 Å². The number of carbonyl (C=O) groups is 2. The minimum Gasteiger partial charge on any atom is -0.491 e. The zero-order valence-electron chi connectivity index (χ0n) is 27.4. The predicted octanol–water partition coefficient (Wildman–Crippen LogP) is 6.93. The van der Waals surface area contributed by atoms with Gasteiger partial charge in [0.15, 0.2) is 0 Å². The van der Waals surface area contributed by atoms with Crippen molar-refractivity contribution in [2.75, 3.05) is 37.5 Å². The summed E-state index contributed by atoms with van der Waals surface area (Å²) in [5, 5.41) is 3.53. The second-order valence-electron chi connectivity index (χ2n) is 13.7. The lowest BCUT2D eigenvalue weighted by atomic mass is 9.70. The zero-order chi connectivity index (χ0) is 33.0. The lowest BCUT2D eigenvalue weighted by molar-refractivity contribution is 0.0133. The summed E-state index contributed by atoms with van der Waals surface area (Å²) >= 11 is 6.45. The first kappa shape index (κ1) is 33.8. The highest BCUT2D eigenvalue weighted by Crippen LogP contribution is 2.42. The number of benzene rings is 2. The van der Waals surface area contributed by atoms with E-state index < -0.39 is 21.9 Å². The van der Waals surface area contributed by atoms with Gasteiger partial charge < -0.3 is 19.7 Å². The molecule has 2 aromatic carbocycles. The first-order valence-corrected chi connectivity index (χ1v) is 19.1. The molecule has 47 heavy (non-hydrogen) atoms. The van der Waals surface area contributed by atoms with Crippen molar-refractivity contribution < 1.29 is 23.3 Å². The Hall–Kier alpha value is -3.08. The molecule has 6 rings (SSSR count). The summed E-state index contributed by atoms with van der Waals surface area (Å²) < 4.78 is 33.5. The normalized spacial score (nSPS) is 29.0. The molecule has 0 saturated heterocycles. The number of urea groups is 1. The number of ether oxygens (including phenoxy) is 2. The fourth-order valence-corrected chi connectivity index (χ4v) is 8.96. The van der Waals surface area contributed by atoms with Crippen LogP contribution in [0.15, 0.2) is 52.9 Å². The predicted molar refractivity (Wildman–Crippen MR) is 186 cm³/mol. The molecule has 1 unspecified atom stereocenters. The lowest BCUT2D eigenvalue weighted by Crippen LogP contribution is -2.43. The maximum Gasteiger partial charge on any atom is 0.327 e. The number of amides is 3. The van der Waals surface area contributed by atoms with Gasteiger partial charge in [-0.3, -0.25) is 9.52 Å². The molecule has 254 valence electrons. The largest absolute Gasteiger partial charge is 0.491 e. The fourth-order valence-electron chi connectivity index (χ4n) is 6.91. The van der Waals surface area contributed by atoms with Crippen LogP contribution in [0.2, 0.25) is 5.02 Å². The highest BCUT2D eigenvalue weighted by molar-refractivity contribution is 7.92. The number of allylic oxidation sites excluding steroid dienone is 1. The van der Waals surface area contributed by atoms with Crippen LogP contribution in [-0.2, 0) is 27.6 Å². The second-order valence-corrected chi connectivity index (χ2v) is 16.1. The second kappa shape index (κ2) is 15.0. The van der Waals surface area contributed by atoms with Gasteiger partial charge in [-0.05, 0) is 116 Å². The molecule has 11 heteroatoms. The Bertz CT molecular complexity index is 1620. The minimum atomic E-state index is -3.44. The van der Waals surface area contributed by atoms with Gasteiger partial charge in [0.25, 0.3) is 5.91 Å². The monoisotopic (exact) mass is 682 g/mol. The number of nitrogens with one attached hydrogen (secondary N) is 2. The van der Waals surface area contributed by atoms with Crippen LogP contribution in [0.25, 0.3) is 0 Å². The van der Waals surface area contributed by atoms with E-state index in [4.69, 9.17) is 21.1 Å². The number of rotatable bonds is 4. The molecule has 5 atom stereocenters.